The predicted octanol–water partition coefficient (Wildman–Crippen LogP) is 1.53. The molecule has 3 aliphatic heterocycles. The standard InChI is InChI=1S/C18H33N3O3S/c1-25(23,24)21-14-6-16(7-15-21)18(22)20-12-8-17(9-13-20)19-10-4-2-3-5-11-19/h16-17H,2-15H2,1H3. The number of likely N-dealkylation sites (tertiary alicyclic amines) is 2. The van der Waals surface area contributed by atoms with Crippen molar-refractivity contribution in [1.82, 2.24) is 14.1 Å². The number of carbonyl (C=O) groups excluding carboxylic acids is 1. The Bertz CT molecular complexity index is 542. The summed E-state index contributed by atoms with van der Waals surface area (Å²) in [4.78, 5) is 17.5. The molecule has 0 saturated carbocycles. The van der Waals surface area contributed by atoms with Gasteiger partial charge in [0.15, 0.2) is 0 Å². The lowest BCUT2D eigenvalue weighted by Gasteiger charge is -2.40. The van der Waals surface area contributed by atoms with Crippen LogP contribution in [0, 0.1) is 5.92 Å². The first kappa shape index (κ1) is 19.1. The van der Waals surface area contributed by atoms with Crippen LogP contribution in [0.5, 0.6) is 0 Å². The number of sulfonamides is 1. The zero-order valence-electron chi connectivity index (χ0n) is 15.5. The molecule has 0 aromatic carbocycles. The molecular formula is C18H33N3O3S. The quantitative estimate of drug-likeness (QED) is 0.755. The van der Waals surface area contributed by atoms with Gasteiger partial charge in [-0.15, -0.1) is 0 Å². The molecule has 0 bridgehead atoms. The van der Waals surface area contributed by atoms with Crippen molar-refractivity contribution in [1.29, 1.82) is 0 Å². The van der Waals surface area contributed by atoms with Gasteiger partial charge in [0.2, 0.25) is 15.9 Å². The average Bonchev–Trinajstić information content (AvgIpc) is 2.90. The second kappa shape index (κ2) is 8.35. The second-order valence-electron chi connectivity index (χ2n) is 7.94. The number of hydrogen-bond acceptors (Lipinski definition) is 4. The summed E-state index contributed by atoms with van der Waals surface area (Å²) in [6, 6.07) is 0.647. The Labute approximate surface area is 152 Å². The third kappa shape index (κ3) is 4.95. The normalized spacial score (nSPS) is 26.5. The summed E-state index contributed by atoms with van der Waals surface area (Å²) in [6.45, 7) is 5.16. The largest absolute Gasteiger partial charge is 0.342 e. The number of piperidine rings is 2. The smallest absolute Gasteiger partial charge is 0.225 e. The molecule has 0 spiro atoms. The average molecular weight is 372 g/mol. The highest BCUT2D eigenvalue weighted by Crippen LogP contribution is 2.25. The highest BCUT2D eigenvalue weighted by Gasteiger charge is 2.33. The van der Waals surface area contributed by atoms with E-state index in [1.54, 1.807) is 0 Å². The van der Waals surface area contributed by atoms with E-state index in [4.69, 9.17) is 0 Å². The van der Waals surface area contributed by atoms with Gasteiger partial charge in [0, 0.05) is 38.1 Å². The van der Waals surface area contributed by atoms with Crippen LogP contribution in [-0.4, -0.2) is 80.0 Å². The van der Waals surface area contributed by atoms with Gasteiger partial charge in [-0.05, 0) is 51.6 Å². The summed E-state index contributed by atoms with van der Waals surface area (Å²) >= 11 is 0. The first-order chi connectivity index (χ1) is 11.9. The molecule has 0 aromatic heterocycles. The number of hydrogen-bond donors (Lipinski definition) is 0. The van der Waals surface area contributed by atoms with Crippen molar-refractivity contribution >= 4 is 15.9 Å². The van der Waals surface area contributed by atoms with E-state index >= 15 is 0 Å². The molecule has 0 atom stereocenters. The van der Waals surface area contributed by atoms with E-state index in [0.717, 1.165) is 25.9 Å². The van der Waals surface area contributed by atoms with Crippen molar-refractivity contribution in [2.75, 3.05) is 45.5 Å². The Kier molecular flexibility index (Phi) is 6.39. The third-order valence-corrected chi connectivity index (χ3v) is 7.51. The molecule has 0 radical (unpaired) electrons. The maximum Gasteiger partial charge on any atom is 0.225 e. The number of nitrogens with zero attached hydrogens (tertiary/aromatic N) is 3. The van der Waals surface area contributed by atoms with Gasteiger partial charge in [-0.2, -0.15) is 0 Å². The number of amides is 1. The van der Waals surface area contributed by atoms with Crippen LogP contribution in [0.4, 0.5) is 0 Å². The van der Waals surface area contributed by atoms with Crippen LogP contribution >= 0.6 is 0 Å². The molecular weight excluding hydrogens is 338 g/mol. The lowest BCUT2D eigenvalue weighted by atomic mass is 9.94. The summed E-state index contributed by atoms with van der Waals surface area (Å²) in [5.41, 5.74) is 0. The van der Waals surface area contributed by atoms with Crippen LogP contribution in [0.3, 0.4) is 0 Å². The molecule has 0 N–H and O–H groups in total. The van der Waals surface area contributed by atoms with Crippen LogP contribution < -0.4 is 0 Å². The Morgan fingerprint density at radius 2 is 1.36 bits per heavy atom. The van der Waals surface area contributed by atoms with Crippen molar-refractivity contribution in [3.8, 4) is 0 Å². The fraction of sp³-hybridized carbons (Fsp3) is 0.944. The van der Waals surface area contributed by atoms with Crippen LogP contribution in [0.15, 0.2) is 0 Å². The minimum absolute atomic E-state index is 0.00716. The van der Waals surface area contributed by atoms with Crippen molar-refractivity contribution in [2.24, 2.45) is 5.92 Å². The van der Waals surface area contributed by atoms with Crippen LogP contribution in [0.25, 0.3) is 0 Å². The highest BCUT2D eigenvalue weighted by atomic mass is 32.2. The van der Waals surface area contributed by atoms with Crippen LogP contribution in [-0.2, 0) is 14.8 Å². The first-order valence-corrected chi connectivity index (χ1v) is 11.8. The summed E-state index contributed by atoms with van der Waals surface area (Å²) in [5, 5.41) is 0. The molecule has 0 unspecified atom stereocenters. The van der Waals surface area contributed by atoms with Gasteiger partial charge in [0.1, 0.15) is 0 Å². The van der Waals surface area contributed by atoms with E-state index in [-0.39, 0.29) is 11.8 Å². The van der Waals surface area contributed by atoms with Crippen LogP contribution in [0.2, 0.25) is 0 Å². The van der Waals surface area contributed by atoms with Crippen molar-refractivity contribution in [3.05, 3.63) is 0 Å². The minimum atomic E-state index is -3.12. The Morgan fingerprint density at radius 1 is 0.800 bits per heavy atom. The van der Waals surface area contributed by atoms with Gasteiger partial charge in [-0.1, -0.05) is 12.8 Å². The van der Waals surface area contributed by atoms with E-state index in [2.05, 4.69) is 4.90 Å². The minimum Gasteiger partial charge on any atom is -0.342 e. The van der Waals surface area contributed by atoms with Crippen LogP contribution in [0.1, 0.15) is 51.4 Å². The lowest BCUT2D eigenvalue weighted by Crippen LogP contribution is -2.50. The molecule has 0 aliphatic carbocycles. The molecule has 6 nitrogen and oxygen atoms in total. The Morgan fingerprint density at radius 3 is 1.88 bits per heavy atom. The molecule has 3 aliphatic rings. The number of rotatable bonds is 3. The lowest BCUT2D eigenvalue weighted by molar-refractivity contribution is -0.138. The van der Waals surface area contributed by atoms with Gasteiger partial charge in [-0.3, -0.25) is 4.79 Å². The van der Waals surface area contributed by atoms with Crippen molar-refractivity contribution < 1.29 is 13.2 Å². The molecule has 1 amide bonds. The summed E-state index contributed by atoms with van der Waals surface area (Å²) in [5.74, 6) is 0.259. The van der Waals surface area contributed by atoms with E-state index < -0.39 is 10.0 Å². The first-order valence-electron chi connectivity index (χ1n) is 9.93. The Balaban J connectivity index is 1.45. The highest BCUT2D eigenvalue weighted by molar-refractivity contribution is 7.88. The van der Waals surface area contributed by atoms with E-state index in [1.165, 1.54) is 49.3 Å². The predicted molar refractivity (Wildman–Crippen MR) is 98.8 cm³/mol. The maximum absolute atomic E-state index is 12.8. The molecule has 25 heavy (non-hydrogen) atoms. The molecule has 3 heterocycles. The monoisotopic (exact) mass is 371 g/mol. The van der Waals surface area contributed by atoms with E-state index in [0.29, 0.717) is 32.0 Å². The maximum atomic E-state index is 12.8. The molecule has 144 valence electrons. The van der Waals surface area contributed by atoms with Gasteiger partial charge in [-0.25, -0.2) is 12.7 Å². The van der Waals surface area contributed by atoms with Gasteiger partial charge in [0.25, 0.3) is 0 Å². The molecule has 7 heteroatoms. The summed E-state index contributed by atoms with van der Waals surface area (Å²) < 4.78 is 24.7. The summed E-state index contributed by atoms with van der Waals surface area (Å²) in [7, 11) is -3.12. The fourth-order valence-electron chi connectivity index (χ4n) is 4.60. The molecule has 3 fully saturated rings. The zero-order chi connectivity index (χ0) is 17.9. The molecule has 3 rings (SSSR count). The SMILES string of the molecule is CS(=O)(=O)N1CCC(C(=O)N2CCC(N3CCCCCC3)CC2)CC1. The fourth-order valence-corrected chi connectivity index (χ4v) is 5.48. The van der Waals surface area contributed by atoms with Crippen molar-refractivity contribution in [3.63, 3.8) is 0 Å². The van der Waals surface area contributed by atoms with E-state index in [1.807, 2.05) is 4.90 Å². The van der Waals surface area contributed by atoms with Gasteiger partial charge in [0.05, 0.1) is 6.26 Å². The summed E-state index contributed by atoms with van der Waals surface area (Å²) in [6.07, 6.45) is 10.1. The third-order valence-electron chi connectivity index (χ3n) is 6.21. The molecule has 0 aromatic rings. The molecule has 3 saturated heterocycles. The second-order valence-corrected chi connectivity index (χ2v) is 9.93. The van der Waals surface area contributed by atoms with Crippen molar-refractivity contribution in [2.45, 2.75) is 57.4 Å². The van der Waals surface area contributed by atoms with Gasteiger partial charge >= 0.3 is 0 Å². The Hall–Kier alpha value is -0.660. The van der Waals surface area contributed by atoms with E-state index in [9.17, 15) is 13.2 Å². The van der Waals surface area contributed by atoms with Gasteiger partial charge < -0.3 is 9.80 Å². The number of carbonyl (C=O) groups is 1. The topological polar surface area (TPSA) is 60.9 Å². The zero-order valence-corrected chi connectivity index (χ0v) is 16.3.